The lowest BCUT2D eigenvalue weighted by Crippen LogP contribution is -2.30. The van der Waals surface area contributed by atoms with Gasteiger partial charge >= 0.3 is 0 Å². The summed E-state index contributed by atoms with van der Waals surface area (Å²) in [6, 6.07) is 6.48. The Morgan fingerprint density at radius 3 is 2.45 bits per heavy atom. The van der Waals surface area contributed by atoms with Crippen LogP contribution in [-0.2, 0) is 6.42 Å². The van der Waals surface area contributed by atoms with E-state index in [0.717, 1.165) is 30.9 Å². The fraction of sp³-hybridized carbons (Fsp3) is 0.529. The molecular weight excluding hydrogens is 250 g/mol. The zero-order valence-corrected chi connectivity index (χ0v) is 13.3. The Bertz CT molecular complexity index is 437. The van der Waals surface area contributed by atoms with E-state index in [4.69, 9.17) is 9.47 Å². The SMILES string of the molecule is CCCNC(C=C(C)C)Cc1ccc(OC)c(OC)c1. The Hall–Kier alpha value is -1.48. The van der Waals surface area contributed by atoms with Gasteiger partial charge < -0.3 is 14.8 Å². The lowest BCUT2D eigenvalue weighted by atomic mass is 10.0. The van der Waals surface area contributed by atoms with E-state index < -0.39 is 0 Å². The molecule has 1 N–H and O–H groups in total. The van der Waals surface area contributed by atoms with Crippen LogP contribution in [-0.4, -0.2) is 26.8 Å². The second-order valence-electron chi connectivity index (χ2n) is 5.20. The van der Waals surface area contributed by atoms with Gasteiger partial charge in [0.1, 0.15) is 0 Å². The summed E-state index contributed by atoms with van der Waals surface area (Å²) in [6.07, 6.45) is 4.37. The molecule has 20 heavy (non-hydrogen) atoms. The van der Waals surface area contributed by atoms with Crippen molar-refractivity contribution in [3.05, 3.63) is 35.4 Å². The minimum absolute atomic E-state index is 0.359. The van der Waals surface area contributed by atoms with Gasteiger partial charge in [-0.1, -0.05) is 24.6 Å². The van der Waals surface area contributed by atoms with E-state index in [2.05, 4.69) is 44.3 Å². The largest absolute Gasteiger partial charge is 0.493 e. The van der Waals surface area contributed by atoms with Gasteiger partial charge in [-0.25, -0.2) is 0 Å². The zero-order valence-electron chi connectivity index (χ0n) is 13.3. The van der Waals surface area contributed by atoms with Crippen LogP contribution in [0, 0.1) is 0 Å². The monoisotopic (exact) mass is 277 g/mol. The van der Waals surface area contributed by atoms with Crippen molar-refractivity contribution in [3.63, 3.8) is 0 Å². The topological polar surface area (TPSA) is 30.5 Å². The number of rotatable bonds is 8. The fourth-order valence-electron chi connectivity index (χ4n) is 2.18. The van der Waals surface area contributed by atoms with E-state index in [0.29, 0.717) is 6.04 Å². The lowest BCUT2D eigenvalue weighted by Gasteiger charge is -2.17. The van der Waals surface area contributed by atoms with E-state index in [9.17, 15) is 0 Å². The van der Waals surface area contributed by atoms with Crippen molar-refractivity contribution >= 4 is 0 Å². The smallest absolute Gasteiger partial charge is 0.160 e. The Balaban J connectivity index is 2.84. The number of nitrogens with one attached hydrogen (secondary N) is 1. The summed E-state index contributed by atoms with van der Waals surface area (Å²) in [5, 5.41) is 3.57. The minimum Gasteiger partial charge on any atom is -0.493 e. The molecular formula is C17H27NO2. The maximum absolute atomic E-state index is 5.36. The first kappa shape index (κ1) is 16.6. The van der Waals surface area contributed by atoms with Crippen molar-refractivity contribution in [2.75, 3.05) is 20.8 Å². The first-order valence-corrected chi connectivity index (χ1v) is 7.20. The van der Waals surface area contributed by atoms with Gasteiger partial charge in [0.2, 0.25) is 0 Å². The van der Waals surface area contributed by atoms with Crippen LogP contribution in [0.5, 0.6) is 11.5 Å². The second-order valence-corrected chi connectivity index (χ2v) is 5.20. The zero-order chi connectivity index (χ0) is 15.0. The summed E-state index contributed by atoms with van der Waals surface area (Å²) in [6.45, 7) is 7.48. The first-order valence-electron chi connectivity index (χ1n) is 7.20. The van der Waals surface area contributed by atoms with Gasteiger partial charge in [-0.15, -0.1) is 0 Å². The highest BCUT2D eigenvalue weighted by molar-refractivity contribution is 5.43. The average molecular weight is 277 g/mol. The normalized spacial score (nSPS) is 11.8. The number of hydrogen-bond donors (Lipinski definition) is 1. The standard InChI is InChI=1S/C17H27NO2/c1-6-9-18-15(10-13(2)3)11-14-7-8-16(19-4)17(12-14)20-5/h7-8,10,12,15,18H,6,9,11H2,1-5H3. The molecule has 0 bridgehead atoms. The quantitative estimate of drug-likeness (QED) is 0.737. The molecule has 0 saturated heterocycles. The van der Waals surface area contributed by atoms with Gasteiger partial charge in [-0.2, -0.15) is 0 Å². The van der Waals surface area contributed by atoms with Crippen molar-refractivity contribution in [1.29, 1.82) is 0 Å². The molecule has 1 rings (SSSR count). The molecule has 0 aliphatic heterocycles. The molecule has 0 aliphatic rings. The van der Waals surface area contributed by atoms with Gasteiger partial charge in [0.25, 0.3) is 0 Å². The number of methoxy groups -OCH3 is 2. The Labute approximate surface area is 123 Å². The third-order valence-corrected chi connectivity index (χ3v) is 3.09. The summed E-state index contributed by atoms with van der Waals surface area (Å²) < 4.78 is 10.6. The van der Waals surface area contributed by atoms with E-state index in [1.54, 1.807) is 14.2 Å². The summed E-state index contributed by atoms with van der Waals surface area (Å²) in [7, 11) is 3.33. The van der Waals surface area contributed by atoms with E-state index in [1.807, 2.05) is 6.07 Å². The molecule has 0 amide bonds. The molecule has 1 unspecified atom stereocenters. The van der Waals surface area contributed by atoms with Crippen LogP contribution < -0.4 is 14.8 Å². The van der Waals surface area contributed by atoms with Gasteiger partial charge in [0, 0.05) is 6.04 Å². The van der Waals surface area contributed by atoms with Crippen LogP contribution in [0.15, 0.2) is 29.8 Å². The molecule has 1 aromatic carbocycles. The van der Waals surface area contributed by atoms with Crippen LogP contribution in [0.25, 0.3) is 0 Å². The van der Waals surface area contributed by atoms with Crippen molar-refractivity contribution < 1.29 is 9.47 Å². The van der Waals surface area contributed by atoms with E-state index >= 15 is 0 Å². The first-order chi connectivity index (χ1) is 9.60. The van der Waals surface area contributed by atoms with Gasteiger partial charge in [0.05, 0.1) is 14.2 Å². The van der Waals surface area contributed by atoms with Gasteiger partial charge in [-0.05, 0) is 50.9 Å². The van der Waals surface area contributed by atoms with Crippen LogP contribution in [0.3, 0.4) is 0 Å². The molecule has 112 valence electrons. The van der Waals surface area contributed by atoms with Crippen molar-refractivity contribution in [3.8, 4) is 11.5 Å². The van der Waals surface area contributed by atoms with Crippen molar-refractivity contribution in [1.82, 2.24) is 5.32 Å². The molecule has 0 aliphatic carbocycles. The molecule has 0 fully saturated rings. The van der Waals surface area contributed by atoms with Crippen LogP contribution in [0.2, 0.25) is 0 Å². The molecule has 0 aromatic heterocycles. The molecule has 0 heterocycles. The van der Waals surface area contributed by atoms with Crippen molar-refractivity contribution in [2.24, 2.45) is 0 Å². The Morgan fingerprint density at radius 2 is 1.90 bits per heavy atom. The maximum atomic E-state index is 5.36. The highest BCUT2D eigenvalue weighted by Gasteiger charge is 2.09. The summed E-state index contributed by atoms with van der Waals surface area (Å²) >= 11 is 0. The van der Waals surface area contributed by atoms with Crippen LogP contribution in [0.1, 0.15) is 32.8 Å². The fourth-order valence-corrected chi connectivity index (χ4v) is 2.18. The second kappa shape index (κ2) is 8.64. The molecule has 1 aromatic rings. The summed E-state index contributed by atoms with van der Waals surface area (Å²) in [4.78, 5) is 0. The summed E-state index contributed by atoms with van der Waals surface area (Å²) in [5.74, 6) is 1.56. The molecule has 1 atom stereocenters. The van der Waals surface area contributed by atoms with Gasteiger partial charge in [0.15, 0.2) is 11.5 Å². The molecule has 3 heteroatoms. The number of allylic oxidation sites excluding steroid dienone is 1. The lowest BCUT2D eigenvalue weighted by molar-refractivity contribution is 0.354. The molecule has 0 saturated carbocycles. The highest BCUT2D eigenvalue weighted by atomic mass is 16.5. The predicted octanol–water partition coefficient (Wildman–Crippen LogP) is 3.58. The van der Waals surface area contributed by atoms with Gasteiger partial charge in [-0.3, -0.25) is 0 Å². The minimum atomic E-state index is 0.359. The Morgan fingerprint density at radius 1 is 1.20 bits per heavy atom. The molecule has 3 nitrogen and oxygen atoms in total. The number of ether oxygens (including phenoxy) is 2. The van der Waals surface area contributed by atoms with E-state index in [-0.39, 0.29) is 0 Å². The number of benzene rings is 1. The van der Waals surface area contributed by atoms with Crippen LogP contribution in [0.4, 0.5) is 0 Å². The molecule has 0 spiro atoms. The van der Waals surface area contributed by atoms with Crippen LogP contribution >= 0.6 is 0 Å². The third kappa shape index (κ3) is 5.25. The third-order valence-electron chi connectivity index (χ3n) is 3.09. The predicted molar refractivity (Wildman–Crippen MR) is 84.8 cm³/mol. The maximum Gasteiger partial charge on any atom is 0.160 e. The highest BCUT2D eigenvalue weighted by Crippen LogP contribution is 2.28. The van der Waals surface area contributed by atoms with E-state index in [1.165, 1.54) is 11.1 Å². The number of hydrogen-bond acceptors (Lipinski definition) is 3. The summed E-state index contributed by atoms with van der Waals surface area (Å²) in [5.41, 5.74) is 2.58. The van der Waals surface area contributed by atoms with Crippen molar-refractivity contribution in [2.45, 2.75) is 39.7 Å². The Kier molecular flexibility index (Phi) is 7.16. The average Bonchev–Trinajstić information content (AvgIpc) is 2.44. The molecule has 0 radical (unpaired) electrons.